The predicted molar refractivity (Wildman–Crippen MR) is 82.5 cm³/mol. The van der Waals surface area contributed by atoms with Crippen LogP contribution in [0.1, 0.15) is 31.4 Å². The molecule has 1 N–H and O–H groups in total. The van der Waals surface area contributed by atoms with Gasteiger partial charge in [0.25, 0.3) is 0 Å². The Kier molecular flexibility index (Phi) is 3.68. The molecule has 110 valence electrons. The molecular formula is C15H15Cl2N3O. The number of amides is 1. The van der Waals surface area contributed by atoms with E-state index in [2.05, 4.69) is 10.3 Å². The maximum absolute atomic E-state index is 12.4. The quantitative estimate of drug-likeness (QED) is 0.935. The summed E-state index contributed by atoms with van der Waals surface area (Å²) in [6, 6.07) is 5.22. The molecular weight excluding hydrogens is 309 g/mol. The molecule has 0 saturated heterocycles. The van der Waals surface area contributed by atoms with Crippen LogP contribution in [0.5, 0.6) is 0 Å². The predicted octanol–water partition coefficient (Wildman–Crippen LogP) is 3.56. The lowest BCUT2D eigenvalue weighted by Crippen LogP contribution is -2.38. The molecule has 1 unspecified atom stereocenters. The fourth-order valence-electron chi connectivity index (χ4n) is 2.38. The van der Waals surface area contributed by atoms with E-state index in [1.807, 2.05) is 19.1 Å². The molecule has 1 aromatic heterocycles. The number of carbonyl (C=O) groups is 1. The number of hydrogen-bond acceptors (Lipinski definition) is 2. The Morgan fingerprint density at radius 1 is 1.38 bits per heavy atom. The van der Waals surface area contributed by atoms with E-state index in [4.69, 9.17) is 23.2 Å². The molecule has 1 saturated carbocycles. The van der Waals surface area contributed by atoms with Gasteiger partial charge in [-0.3, -0.25) is 4.79 Å². The highest BCUT2D eigenvalue weighted by Crippen LogP contribution is 2.47. The number of imidazole rings is 1. The number of nitrogens with zero attached hydrogens (tertiary/aromatic N) is 2. The van der Waals surface area contributed by atoms with Crippen molar-refractivity contribution in [1.82, 2.24) is 14.9 Å². The van der Waals surface area contributed by atoms with Gasteiger partial charge in [-0.2, -0.15) is 0 Å². The van der Waals surface area contributed by atoms with Crippen LogP contribution in [0.3, 0.4) is 0 Å². The minimum atomic E-state index is -0.305. The van der Waals surface area contributed by atoms with Gasteiger partial charge >= 0.3 is 0 Å². The van der Waals surface area contributed by atoms with Gasteiger partial charge in [-0.1, -0.05) is 29.3 Å². The zero-order valence-corrected chi connectivity index (χ0v) is 13.0. The van der Waals surface area contributed by atoms with Crippen LogP contribution < -0.4 is 5.32 Å². The second kappa shape index (κ2) is 5.35. The Hall–Kier alpha value is -1.52. The van der Waals surface area contributed by atoms with E-state index in [-0.39, 0.29) is 17.5 Å². The monoisotopic (exact) mass is 323 g/mol. The van der Waals surface area contributed by atoms with E-state index >= 15 is 0 Å². The minimum Gasteiger partial charge on any atom is -0.345 e. The lowest BCUT2D eigenvalue weighted by Gasteiger charge is -2.21. The average Bonchev–Trinajstić information content (AvgIpc) is 3.03. The molecule has 0 spiro atoms. The number of aromatic nitrogens is 2. The maximum atomic E-state index is 12.4. The average molecular weight is 324 g/mol. The number of benzene rings is 1. The zero-order valence-electron chi connectivity index (χ0n) is 11.5. The van der Waals surface area contributed by atoms with E-state index in [9.17, 15) is 4.79 Å². The standard InChI is InChI=1S/C15H15Cl2N3O/c1-10(20-7-6-18-9-20)14(21)19-15(4-5-15)11-2-3-12(16)13(17)8-11/h2-3,6-10H,4-5H2,1H3,(H,19,21). The first-order valence-electron chi connectivity index (χ1n) is 6.77. The Balaban J connectivity index is 1.77. The summed E-state index contributed by atoms with van der Waals surface area (Å²) in [6.45, 7) is 1.85. The van der Waals surface area contributed by atoms with E-state index < -0.39 is 0 Å². The van der Waals surface area contributed by atoms with E-state index in [0.717, 1.165) is 18.4 Å². The molecule has 4 nitrogen and oxygen atoms in total. The molecule has 6 heteroatoms. The van der Waals surface area contributed by atoms with Gasteiger partial charge in [0, 0.05) is 12.4 Å². The van der Waals surface area contributed by atoms with E-state index in [1.54, 1.807) is 29.4 Å². The molecule has 2 aromatic rings. The van der Waals surface area contributed by atoms with Gasteiger partial charge < -0.3 is 9.88 Å². The van der Waals surface area contributed by atoms with Crippen molar-refractivity contribution in [3.63, 3.8) is 0 Å². The topological polar surface area (TPSA) is 46.9 Å². The first-order chi connectivity index (χ1) is 10.0. The SMILES string of the molecule is CC(C(=O)NC1(c2ccc(Cl)c(Cl)c2)CC1)n1ccnc1. The fraction of sp³-hybridized carbons (Fsp3) is 0.333. The summed E-state index contributed by atoms with van der Waals surface area (Å²) >= 11 is 12.0. The smallest absolute Gasteiger partial charge is 0.243 e. The summed E-state index contributed by atoms with van der Waals surface area (Å²) in [5.41, 5.74) is 0.697. The number of nitrogens with one attached hydrogen (secondary N) is 1. The maximum Gasteiger partial charge on any atom is 0.243 e. The number of rotatable bonds is 4. The van der Waals surface area contributed by atoms with Gasteiger partial charge in [0.1, 0.15) is 6.04 Å². The Bertz CT molecular complexity index is 666. The van der Waals surface area contributed by atoms with Crippen molar-refractivity contribution in [3.8, 4) is 0 Å². The van der Waals surface area contributed by atoms with Crippen LogP contribution in [0.2, 0.25) is 10.0 Å². The van der Waals surface area contributed by atoms with E-state index in [1.165, 1.54) is 0 Å². The second-order valence-electron chi connectivity index (χ2n) is 5.39. The van der Waals surface area contributed by atoms with Crippen molar-refractivity contribution < 1.29 is 4.79 Å². The van der Waals surface area contributed by atoms with Crippen molar-refractivity contribution in [3.05, 3.63) is 52.5 Å². The van der Waals surface area contributed by atoms with Crippen molar-refractivity contribution in [2.75, 3.05) is 0 Å². The second-order valence-corrected chi connectivity index (χ2v) is 6.20. The van der Waals surface area contributed by atoms with Crippen molar-refractivity contribution in [1.29, 1.82) is 0 Å². The van der Waals surface area contributed by atoms with E-state index in [0.29, 0.717) is 10.0 Å². The molecule has 0 radical (unpaired) electrons. The number of halogens is 2. The summed E-state index contributed by atoms with van der Waals surface area (Å²) in [4.78, 5) is 16.4. The van der Waals surface area contributed by atoms with Crippen LogP contribution in [0.25, 0.3) is 0 Å². The molecule has 1 heterocycles. The Labute approximate surface area is 133 Å². The third kappa shape index (κ3) is 2.78. The highest BCUT2D eigenvalue weighted by Gasteiger charge is 2.46. The summed E-state index contributed by atoms with van der Waals surface area (Å²) in [6.07, 6.45) is 6.91. The summed E-state index contributed by atoms with van der Waals surface area (Å²) in [7, 11) is 0. The van der Waals surface area contributed by atoms with Crippen LogP contribution in [0.4, 0.5) is 0 Å². The third-order valence-electron chi connectivity index (χ3n) is 3.94. The summed E-state index contributed by atoms with van der Waals surface area (Å²) in [5.74, 6) is -0.0310. The molecule has 1 amide bonds. The third-order valence-corrected chi connectivity index (χ3v) is 4.68. The molecule has 1 aliphatic rings. The van der Waals surface area contributed by atoms with Gasteiger partial charge in [-0.15, -0.1) is 0 Å². The molecule has 1 fully saturated rings. The Morgan fingerprint density at radius 2 is 2.14 bits per heavy atom. The largest absolute Gasteiger partial charge is 0.345 e. The highest BCUT2D eigenvalue weighted by atomic mass is 35.5. The molecule has 1 aromatic carbocycles. The molecule has 21 heavy (non-hydrogen) atoms. The van der Waals surface area contributed by atoms with Gasteiger partial charge in [0.2, 0.25) is 5.91 Å². The fourth-order valence-corrected chi connectivity index (χ4v) is 2.68. The molecule has 3 rings (SSSR count). The first kappa shape index (κ1) is 14.4. The Morgan fingerprint density at radius 3 is 2.71 bits per heavy atom. The van der Waals surface area contributed by atoms with Crippen molar-refractivity contribution >= 4 is 29.1 Å². The van der Waals surface area contributed by atoms with Gasteiger partial charge in [0.15, 0.2) is 0 Å². The van der Waals surface area contributed by atoms with Gasteiger partial charge in [-0.05, 0) is 37.5 Å². The lowest BCUT2D eigenvalue weighted by molar-refractivity contribution is -0.124. The normalized spacial score (nSPS) is 17.3. The van der Waals surface area contributed by atoms with Gasteiger partial charge in [0.05, 0.1) is 21.9 Å². The zero-order chi connectivity index (χ0) is 15.0. The highest BCUT2D eigenvalue weighted by molar-refractivity contribution is 6.42. The van der Waals surface area contributed by atoms with Crippen molar-refractivity contribution in [2.24, 2.45) is 0 Å². The van der Waals surface area contributed by atoms with Crippen LogP contribution in [0.15, 0.2) is 36.9 Å². The van der Waals surface area contributed by atoms with Crippen LogP contribution in [0, 0.1) is 0 Å². The van der Waals surface area contributed by atoms with Gasteiger partial charge in [-0.25, -0.2) is 4.98 Å². The molecule has 0 bridgehead atoms. The van der Waals surface area contributed by atoms with Crippen LogP contribution in [-0.2, 0) is 10.3 Å². The number of hydrogen-bond donors (Lipinski definition) is 1. The van der Waals surface area contributed by atoms with Crippen LogP contribution in [-0.4, -0.2) is 15.5 Å². The minimum absolute atomic E-state index is 0.0310. The lowest BCUT2D eigenvalue weighted by atomic mass is 10.0. The molecule has 1 aliphatic carbocycles. The first-order valence-corrected chi connectivity index (χ1v) is 7.52. The summed E-state index contributed by atoms with van der Waals surface area (Å²) < 4.78 is 1.78. The van der Waals surface area contributed by atoms with Crippen molar-refractivity contribution in [2.45, 2.75) is 31.3 Å². The summed E-state index contributed by atoms with van der Waals surface area (Å²) in [5, 5.41) is 4.16. The number of carbonyl (C=O) groups excluding carboxylic acids is 1. The molecule has 0 aliphatic heterocycles. The van der Waals surface area contributed by atoms with Crippen LogP contribution >= 0.6 is 23.2 Å². The molecule has 1 atom stereocenters.